The average Bonchev–Trinajstić information content (AvgIpc) is 3.75. The second-order valence-electron chi connectivity index (χ2n) is 15.8. The first-order valence-corrected chi connectivity index (χ1v) is 24.0. The lowest BCUT2D eigenvalue weighted by atomic mass is 10.0. The molecule has 338 valence electrons. The summed E-state index contributed by atoms with van der Waals surface area (Å²) in [5.74, 6) is -9.35. The number of benzene rings is 4. The molecule has 4 atom stereocenters. The summed E-state index contributed by atoms with van der Waals surface area (Å²) in [6, 6.07) is 13.8. The maximum atomic E-state index is 15.6. The normalized spacial score (nSPS) is 17.8. The van der Waals surface area contributed by atoms with Gasteiger partial charge in [0.2, 0.25) is 15.9 Å². The van der Waals surface area contributed by atoms with Gasteiger partial charge in [0, 0.05) is 42.2 Å². The molecule has 14 nitrogen and oxygen atoms in total. The zero-order chi connectivity index (χ0) is 46.7. The quantitative estimate of drug-likeness (QED) is 0.105. The SMILES string of the molecule is Cn1nc(NS(C)(=O)=O)c2c(Cl)ccc(-n3c([C@H](Cc4cc(F)cc(F)c4)NC(=O)Cn4nc(C(F)F)c5c4C(F)(F)[C@@H]4C[C@H]54)nc4cc(-c5cccc(S(=O)(O)=S)c5)ccc4c3=O)c21. The second kappa shape index (κ2) is 15.6. The Hall–Kier alpha value is -5.88. The van der Waals surface area contributed by atoms with Crippen LogP contribution in [0, 0.1) is 17.6 Å². The number of aryl methyl sites for hydroxylation is 1. The van der Waals surface area contributed by atoms with Gasteiger partial charge in [-0.25, -0.2) is 35.2 Å². The van der Waals surface area contributed by atoms with Crippen LogP contribution in [-0.4, -0.2) is 58.5 Å². The fourth-order valence-corrected chi connectivity index (χ4v) is 10.2. The number of hydrogen-bond donors (Lipinski definition) is 3. The molecule has 1 unspecified atom stereocenters. The number of anilines is 1. The number of aromatic nitrogens is 6. The average molecular weight is 977 g/mol. The Bertz CT molecular complexity index is 3450. The van der Waals surface area contributed by atoms with E-state index in [1.807, 2.05) is 0 Å². The van der Waals surface area contributed by atoms with Gasteiger partial charge in [-0.3, -0.25) is 28.2 Å². The van der Waals surface area contributed by atoms with Gasteiger partial charge in [-0.15, -0.1) is 0 Å². The van der Waals surface area contributed by atoms with Crippen LogP contribution in [0.25, 0.3) is 38.6 Å². The Morgan fingerprint density at radius 3 is 2.40 bits per heavy atom. The summed E-state index contributed by atoms with van der Waals surface area (Å²) < 4.78 is 141. The van der Waals surface area contributed by atoms with E-state index in [1.54, 1.807) is 6.07 Å². The molecule has 2 aliphatic carbocycles. The maximum absolute atomic E-state index is 15.6. The summed E-state index contributed by atoms with van der Waals surface area (Å²) >= 11 is 11.4. The molecule has 3 heterocycles. The molecule has 1 saturated carbocycles. The molecular formula is C41H31ClF6N8O6S3. The summed E-state index contributed by atoms with van der Waals surface area (Å²) in [6.07, 6.45) is -2.91. The molecule has 0 spiro atoms. The van der Waals surface area contributed by atoms with E-state index in [4.69, 9.17) is 27.8 Å². The van der Waals surface area contributed by atoms with Crippen molar-refractivity contribution < 1.29 is 48.3 Å². The number of carbonyl (C=O) groups excluding carboxylic acids is 1. The standard InChI is InChI=1S/C41H31ClF6N8O6S3/c1-54-35-30(9-8-27(42)33(35)38(52-54)53-64(2,59)60)56-39(50-28-14-20(6-7-24(28)40(56)58)19-4-3-5-23(13-19)65(61,62)63)29(12-18-10-21(43)15-22(44)11-18)49-31(57)17-55-36-32(34(51-55)37(45)46)25-16-26(25)41(36,47)48/h3-11,13-15,25-26,29,37H,12,16-17H2,1-2H3,(H,49,57)(H,52,53)(H,61,62,63)/t25-,26+,29-/m0/s1. The van der Waals surface area contributed by atoms with E-state index in [-0.39, 0.29) is 66.6 Å². The lowest BCUT2D eigenvalue weighted by molar-refractivity contribution is -0.123. The van der Waals surface area contributed by atoms with Crippen LogP contribution in [0.15, 0.2) is 82.5 Å². The number of sulfonamides is 1. The van der Waals surface area contributed by atoms with Gasteiger partial charge in [0.05, 0.1) is 49.7 Å². The first kappa shape index (κ1) is 44.3. The molecule has 9 rings (SSSR count). The van der Waals surface area contributed by atoms with Crippen molar-refractivity contribution in [3.8, 4) is 16.8 Å². The number of rotatable bonds is 12. The lowest BCUT2D eigenvalue weighted by Gasteiger charge is -2.24. The van der Waals surface area contributed by atoms with Crippen LogP contribution in [-0.2, 0) is 60.7 Å². The molecule has 65 heavy (non-hydrogen) atoms. The van der Waals surface area contributed by atoms with Crippen LogP contribution >= 0.6 is 11.6 Å². The van der Waals surface area contributed by atoms with E-state index in [9.17, 15) is 39.5 Å². The summed E-state index contributed by atoms with van der Waals surface area (Å²) in [7, 11) is -6.35. The molecule has 0 aliphatic heterocycles. The molecule has 0 saturated heterocycles. The molecule has 3 N–H and O–H groups in total. The van der Waals surface area contributed by atoms with Gasteiger partial charge in [0.15, 0.2) is 14.6 Å². The van der Waals surface area contributed by atoms with Gasteiger partial charge < -0.3 is 9.87 Å². The highest BCUT2D eigenvalue weighted by Gasteiger charge is 2.67. The van der Waals surface area contributed by atoms with E-state index in [0.29, 0.717) is 21.9 Å². The molecule has 1 fully saturated rings. The Labute approximate surface area is 373 Å². The number of nitrogens with one attached hydrogen (secondary N) is 2. The van der Waals surface area contributed by atoms with Crippen molar-refractivity contribution in [2.45, 2.75) is 48.6 Å². The fraction of sp³-hybridized carbons (Fsp3) is 0.244. The topological polar surface area (TPSA) is 183 Å². The molecule has 0 bridgehead atoms. The minimum Gasteiger partial charge on any atom is -0.344 e. The fourth-order valence-electron chi connectivity index (χ4n) is 8.60. The van der Waals surface area contributed by atoms with E-state index in [1.165, 1.54) is 60.3 Å². The third-order valence-corrected chi connectivity index (χ3v) is 13.6. The molecule has 0 radical (unpaired) electrons. The van der Waals surface area contributed by atoms with Crippen molar-refractivity contribution in [1.82, 2.24) is 34.4 Å². The predicted octanol–water partition coefficient (Wildman–Crippen LogP) is 7.26. The van der Waals surface area contributed by atoms with E-state index < -0.39 is 96.5 Å². The van der Waals surface area contributed by atoms with Crippen LogP contribution in [0.1, 0.15) is 53.1 Å². The van der Waals surface area contributed by atoms with Gasteiger partial charge in [0.1, 0.15) is 35.4 Å². The van der Waals surface area contributed by atoms with Crippen molar-refractivity contribution in [3.63, 3.8) is 0 Å². The Morgan fingerprint density at radius 2 is 1.72 bits per heavy atom. The number of amides is 1. The number of hydrogen-bond acceptors (Lipinski definition) is 9. The summed E-state index contributed by atoms with van der Waals surface area (Å²) in [5.41, 5.74) is -2.16. The predicted molar refractivity (Wildman–Crippen MR) is 230 cm³/mol. The zero-order valence-corrected chi connectivity index (χ0v) is 36.6. The third kappa shape index (κ3) is 8.02. The molecular weight excluding hydrogens is 946 g/mol. The van der Waals surface area contributed by atoms with Crippen molar-refractivity contribution in [2.24, 2.45) is 13.0 Å². The highest BCUT2D eigenvalue weighted by Crippen LogP contribution is 2.68. The minimum atomic E-state index is -3.95. The van der Waals surface area contributed by atoms with Crippen molar-refractivity contribution >= 4 is 75.1 Å². The number of nitrogens with zero attached hydrogens (tertiary/aromatic N) is 6. The molecule has 1 amide bonds. The maximum Gasteiger partial charge on any atom is 0.293 e. The molecule has 3 aromatic heterocycles. The number of carbonyl (C=O) groups is 1. The molecule has 24 heteroatoms. The second-order valence-corrected chi connectivity index (χ2v) is 20.7. The molecule has 2 aliphatic rings. The first-order valence-electron chi connectivity index (χ1n) is 19.3. The van der Waals surface area contributed by atoms with Gasteiger partial charge in [-0.2, -0.15) is 19.0 Å². The van der Waals surface area contributed by atoms with E-state index in [0.717, 1.165) is 23.0 Å². The number of fused-ring (bicyclic) bond motifs is 5. The highest BCUT2D eigenvalue weighted by molar-refractivity contribution is 8.29. The number of alkyl halides is 4. The summed E-state index contributed by atoms with van der Waals surface area (Å²) in [6.45, 7) is -1.03. The summed E-state index contributed by atoms with van der Waals surface area (Å²) in [4.78, 5) is 34.0. The van der Waals surface area contributed by atoms with Crippen LogP contribution in [0.3, 0.4) is 0 Å². The van der Waals surface area contributed by atoms with Gasteiger partial charge in [-0.05, 0) is 77.6 Å². The molecule has 4 aromatic carbocycles. The van der Waals surface area contributed by atoms with Crippen LogP contribution in [0.5, 0.6) is 0 Å². The van der Waals surface area contributed by atoms with Crippen molar-refractivity contribution in [2.75, 3.05) is 11.0 Å². The monoisotopic (exact) mass is 976 g/mol. The number of halogens is 7. The minimum absolute atomic E-state index is 0.00596. The van der Waals surface area contributed by atoms with Crippen molar-refractivity contribution in [1.29, 1.82) is 0 Å². The summed E-state index contributed by atoms with van der Waals surface area (Å²) in [5, 5.41) is 10.6. The van der Waals surface area contributed by atoms with Crippen molar-refractivity contribution in [3.05, 3.63) is 128 Å². The lowest BCUT2D eigenvalue weighted by Crippen LogP contribution is -2.38. The zero-order valence-electron chi connectivity index (χ0n) is 33.4. The van der Waals surface area contributed by atoms with Gasteiger partial charge in [-0.1, -0.05) is 29.8 Å². The Balaban J connectivity index is 1.27. The van der Waals surface area contributed by atoms with E-state index in [2.05, 4.69) is 20.2 Å². The molecule has 7 aromatic rings. The van der Waals surface area contributed by atoms with Gasteiger partial charge in [0.25, 0.3) is 17.9 Å². The van der Waals surface area contributed by atoms with Gasteiger partial charge >= 0.3 is 0 Å². The van der Waals surface area contributed by atoms with Crippen LogP contribution < -0.4 is 15.6 Å². The Kier molecular flexibility index (Phi) is 10.7. The van der Waals surface area contributed by atoms with Crippen LogP contribution in [0.4, 0.5) is 32.2 Å². The smallest absolute Gasteiger partial charge is 0.293 e. The first-order chi connectivity index (χ1) is 30.5. The van der Waals surface area contributed by atoms with Crippen LogP contribution in [0.2, 0.25) is 5.02 Å². The largest absolute Gasteiger partial charge is 0.344 e. The Morgan fingerprint density at radius 1 is 1.02 bits per heavy atom. The third-order valence-electron chi connectivity index (χ3n) is 11.3. The van der Waals surface area contributed by atoms with E-state index >= 15 is 13.6 Å². The highest BCUT2D eigenvalue weighted by atomic mass is 35.5.